The molecule has 0 aliphatic rings. The number of halogens is 1. The van der Waals surface area contributed by atoms with Crippen LogP contribution in [-0.4, -0.2) is 11.3 Å². The van der Waals surface area contributed by atoms with E-state index >= 15 is 0 Å². The Bertz CT molecular complexity index is 696. The van der Waals surface area contributed by atoms with Crippen molar-refractivity contribution in [2.75, 3.05) is 5.32 Å². The summed E-state index contributed by atoms with van der Waals surface area (Å²) >= 11 is 11.2. The van der Waals surface area contributed by atoms with Gasteiger partial charge in [-0.05, 0) is 48.5 Å². The van der Waals surface area contributed by atoms with Crippen molar-refractivity contribution in [2.45, 2.75) is 6.92 Å². The summed E-state index contributed by atoms with van der Waals surface area (Å²) in [5.74, 6) is 0. The summed E-state index contributed by atoms with van der Waals surface area (Å²) in [6, 6.07) is 15.6. The standard InChI is InChI=1S/C17H16ClN3S/c1-13-15(18)10-5-11-16(13)20-17(22)21-19-12-6-9-14-7-3-2-4-8-14/h2-12H,1H3,(H2,20,21,22)/b9-6+,19-12+. The van der Waals surface area contributed by atoms with E-state index in [0.717, 1.165) is 16.8 Å². The Morgan fingerprint density at radius 1 is 1.14 bits per heavy atom. The highest BCUT2D eigenvalue weighted by atomic mass is 35.5. The van der Waals surface area contributed by atoms with Crippen molar-refractivity contribution >= 4 is 46.9 Å². The molecule has 112 valence electrons. The van der Waals surface area contributed by atoms with E-state index in [1.807, 2.05) is 67.6 Å². The van der Waals surface area contributed by atoms with Crippen molar-refractivity contribution in [3.8, 4) is 0 Å². The lowest BCUT2D eigenvalue weighted by atomic mass is 10.2. The van der Waals surface area contributed by atoms with Gasteiger partial charge in [-0.2, -0.15) is 5.10 Å². The monoisotopic (exact) mass is 329 g/mol. The molecule has 0 heterocycles. The fraction of sp³-hybridized carbons (Fsp3) is 0.0588. The van der Waals surface area contributed by atoms with Crippen molar-refractivity contribution in [3.63, 3.8) is 0 Å². The number of thiocarbonyl (C=S) groups is 1. The van der Waals surface area contributed by atoms with Crippen molar-refractivity contribution < 1.29 is 0 Å². The number of nitrogens with one attached hydrogen (secondary N) is 2. The number of rotatable bonds is 4. The van der Waals surface area contributed by atoms with E-state index in [1.54, 1.807) is 6.21 Å². The summed E-state index contributed by atoms with van der Waals surface area (Å²) in [6.07, 6.45) is 5.45. The Labute approximate surface area is 140 Å². The molecule has 3 nitrogen and oxygen atoms in total. The maximum atomic E-state index is 6.06. The second-order valence-electron chi connectivity index (χ2n) is 4.53. The second kappa shape index (κ2) is 8.32. The summed E-state index contributed by atoms with van der Waals surface area (Å²) in [6.45, 7) is 1.93. The predicted molar refractivity (Wildman–Crippen MR) is 99.5 cm³/mol. The van der Waals surface area contributed by atoms with Crippen LogP contribution in [0.3, 0.4) is 0 Å². The molecule has 2 N–H and O–H groups in total. The molecule has 2 rings (SSSR count). The topological polar surface area (TPSA) is 36.4 Å². The Hall–Kier alpha value is -2.17. The highest BCUT2D eigenvalue weighted by molar-refractivity contribution is 7.80. The molecule has 0 amide bonds. The maximum absolute atomic E-state index is 6.06. The number of hydrogen-bond acceptors (Lipinski definition) is 2. The third kappa shape index (κ3) is 4.98. The van der Waals surface area contributed by atoms with Crippen LogP contribution in [0.4, 0.5) is 5.69 Å². The second-order valence-corrected chi connectivity index (χ2v) is 5.34. The summed E-state index contributed by atoms with van der Waals surface area (Å²) in [5, 5.41) is 8.20. The molecule has 0 aliphatic heterocycles. The van der Waals surface area contributed by atoms with E-state index < -0.39 is 0 Å². The minimum atomic E-state index is 0.412. The number of hydrogen-bond donors (Lipinski definition) is 2. The first kappa shape index (κ1) is 16.2. The van der Waals surface area contributed by atoms with Gasteiger partial charge in [0.2, 0.25) is 0 Å². The average molecular weight is 330 g/mol. The lowest BCUT2D eigenvalue weighted by molar-refractivity contribution is 1.05. The lowest BCUT2D eigenvalue weighted by Crippen LogP contribution is -2.24. The molecule has 2 aromatic carbocycles. The smallest absolute Gasteiger partial charge is 0.191 e. The first-order chi connectivity index (χ1) is 10.7. The van der Waals surface area contributed by atoms with Gasteiger partial charge in [-0.1, -0.05) is 54.1 Å². The van der Waals surface area contributed by atoms with E-state index in [-0.39, 0.29) is 0 Å². The van der Waals surface area contributed by atoms with Gasteiger partial charge in [-0.15, -0.1) is 0 Å². The van der Waals surface area contributed by atoms with Gasteiger partial charge in [-0.25, -0.2) is 0 Å². The molecular weight excluding hydrogens is 314 g/mol. The summed E-state index contributed by atoms with van der Waals surface area (Å²) in [7, 11) is 0. The fourth-order valence-electron chi connectivity index (χ4n) is 1.75. The van der Waals surface area contributed by atoms with Gasteiger partial charge >= 0.3 is 0 Å². The van der Waals surface area contributed by atoms with Gasteiger partial charge in [0, 0.05) is 16.9 Å². The van der Waals surface area contributed by atoms with Gasteiger partial charge in [0.05, 0.1) is 0 Å². The molecule has 0 aromatic heterocycles. The van der Waals surface area contributed by atoms with Crippen LogP contribution in [0.25, 0.3) is 6.08 Å². The van der Waals surface area contributed by atoms with Crippen LogP contribution >= 0.6 is 23.8 Å². The molecule has 22 heavy (non-hydrogen) atoms. The molecule has 0 spiro atoms. The first-order valence-electron chi connectivity index (χ1n) is 6.73. The van der Waals surface area contributed by atoms with Crippen molar-refractivity contribution in [3.05, 3.63) is 70.8 Å². The Kier molecular flexibility index (Phi) is 6.13. The number of allylic oxidation sites excluding steroid dienone is 1. The van der Waals surface area contributed by atoms with Crippen LogP contribution in [0.2, 0.25) is 5.02 Å². The molecule has 0 saturated heterocycles. The zero-order chi connectivity index (χ0) is 15.8. The largest absolute Gasteiger partial charge is 0.331 e. The van der Waals surface area contributed by atoms with Crippen LogP contribution in [-0.2, 0) is 0 Å². The highest BCUT2D eigenvalue weighted by Crippen LogP contribution is 2.22. The molecule has 0 aliphatic carbocycles. The van der Waals surface area contributed by atoms with Crippen LogP contribution in [0.5, 0.6) is 0 Å². The van der Waals surface area contributed by atoms with E-state index in [2.05, 4.69) is 15.8 Å². The quantitative estimate of drug-likeness (QED) is 0.487. The molecule has 5 heteroatoms. The predicted octanol–water partition coefficient (Wildman–Crippen LogP) is 4.63. The molecule has 0 radical (unpaired) electrons. The molecular formula is C17H16ClN3S. The van der Waals surface area contributed by atoms with Gasteiger partial charge in [-0.3, -0.25) is 5.43 Å². The Morgan fingerprint density at radius 2 is 1.91 bits per heavy atom. The number of benzene rings is 2. The van der Waals surface area contributed by atoms with E-state index in [4.69, 9.17) is 23.8 Å². The van der Waals surface area contributed by atoms with Crippen molar-refractivity contribution in [1.29, 1.82) is 0 Å². The zero-order valence-corrected chi connectivity index (χ0v) is 13.7. The lowest BCUT2D eigenvalue weighted by Gasteiger charge is -2.10. The minimum absolute atomic E-state index is 0.412. The van der Waals surface area contributed by atoms with Crippen LogP contribution < -0.4 is 10.7 Å². The summed E-state index contributed by atoms with van der Waals surface area (Å²) in [5.41, 5.74) is 5.68. The molecule has 0 bridgehead atoms. The molecule has 0 atom stereocenters. The van der Waals surface area contributed by atoms with Gasteiger partial charge in [0.15, 0.2) is 5.11 Å². The third-order valence-electron chi connectivity index (χ3n) is 2.93. The number of anilines is 1. The van der Waals surface area contributed by atoms with E-state index in [0.29, 0.717) is 10.1 Å². The Balaban J connectivity index is 1.84. The Morgan fingerprint density at radius 3 is 2.68 bits per heavy atom. The summed E-state index contributed by atoms with van der Waals surface area (Å²) < 4.78 is 0. The molecule has 0 unspecified atom stereocenters. The van der Waals surface area contributed by atoms with E-state index in [9.17, 15) is 0 Å². The van der Waals surface area contributed by atoms with Gasteiger partial charge < -0.3 is 5.32 Å². The molecule has 0 fully saturated rings. The van der Waals surface area contributed by atoms with Crippen LogP contribution in [0, 0.1) is 6.92 Å². The van der Waals surface area contributed by atoms with Crippen molar-refractivity contribution in [1.82, 2.24) is 5.43 Å². The van der Waals surface area contributed by atoms with Crippen LogP contribution in [0.15, 0.2) is 59.7 Å². The third-order valence-corrected chi connectivity index (χ3v) is 3.53. The molecule has 2 aromatic rings. The van der Waals surface area contributed by atoms with Crippen molar-refractivity contribution in [2.24, 2.45) is 5.10 Å². The summed E-state index contributed by atoms with van der Waals surface area (Å²) in [4.78, 5) is 0. The maximum Gasteiger partial charge on any atom is 0.191 e. The fourth-order valence-corrected chi connectivity index (χ4v) is 2.09. The number of nitrogens with zero attached hydrogens (tertiary/aromatic N) is 1. The van der Waals surface area contributed by atoms with E-state index in [1.165, 1.54) is 0 Å². The van der Waals surface area contributed by atoms with Gasteiger partial charge in [0.1, 0.15) is 0 Å². The normalized spacial score (nSPS) is 11.0. The SMILES string of the molecule is Cc1c(Cl)cccc1NC(=S)N/N=C/C=C/c1ccccc1. The number of hydrazone groups is 1. The molecule has 0 saturated carbocycles. The van der Waals surface area contributed by atoms with Crippen LogP contribution in [0.1, 0.15) is 11.1 Å². The van der Waals surface area contributed by atoms with Gasteiger partial charge in [0.25, 0.3) is 0 Å². The highest BCUT2D eigenvalue weighted by Gasteiger charge is 2.02. The minimum Gasteiger partial charge on any atom is -0.331 e. The first-order valence-corrected chi connectivity index (χ1v) is 7.52. The average Bonchev–Trinajstić information content (AvgIpc) is 2.52. The zero-order valence-electron chi connectivity index (χ0n) is 12.1.